The number of Topliss-reactive ketones (excluding diaryl/α,β-unsaturated/α-hetero) is 1. The van der Waals surface area contributed by atoms with Crippen LogP contribution < -0.4 is 0 Å². The number of carbonyl (C=O) groups is 1. The van der Waals surface area contributed by atoms with Crippen LogP contribution in [0.4, 0.5) is 17.6 Å². The molecule has 2 aromatic rings. The molecule has 0 aliphatic heterocycles. The van der Waals surface area contributed by atoms with Gasteiger partial charge in [0.1, 0.15) is 0 Å². The molecule has 1 aromatic carbocycles. The zero-order chi connectivity index (χ0) is 14.9. The van der Waals surface area contributed by atoms with Crippen molar-refractivity contribution in [1.29, 1.82) is 0 Å². The van der Waals surface area contributed by atoms with Crippen molar-refractivity contribution in [2.75, 3.05) is 0 Å². The summed E-state index contributed by atoms with van der Waals surface area (Å²) in [5.74, 6) is -6.01. The van der Waals surface area contributed by atoms with E-state index < -0.39 is 28.8 Å². The Bertz CT molecular complexity index is 637. The summed E-state index contributed by atoms with van der Waals surface area (Å²) in [6, 6.07) is 2.85. The monoisotopic (exact) mass is 302 g/mol. The molecule has 0 bridgehead atoms. The van der Waals surface area contributed by atoms with Gasteiger partial charge in [-0.25, -0.2) is 17.6 Å². The molecule has 0 radical (unpaired) electrons. The molecular weight excluding hydrogens is 292 g/mol. The van der Waals surface area contributed by atoms with E-state index in [1.165, 1.54) is 12.1 Å². The standard InChI is InChI=1S/C14H10F4OS/c1-2-3-9(19)10-4-5-11(20-10)12-13(17)7(15)6-8(16)14(12)18/h4-6H,2-3H2,1H3. The Morgan fingerprint density at radius 1 is 1.10 bits per heavy atom. The molecule has 1 nitrogen and oxygen atoms in total. The molecule has 0 N–H and O–H groups in total. The van der Waals surface area contributed by atoms with E-state index in [9.17, 15) is 22.4 Å². The summed E-state index contributed by atoms with van der Waals surface area (Å²) >= 11 is 0.817. The highest BCUT2D eigenvalue weighted by Gasteiger charge is 2.22. The highest BCUT2D eigenvalue weighted by molar-refractivity contribution is 7.17. The minimum absolute atomic E-state index is 0.0159. The summed E-state index contributed by atoms with van der Waals surface area (Å²) in [7, 11) is 0. The molecule has 0 saturated carbocycles. The van der Waals surface area contributed by atoms with Gasteiger partial charge in [-0.2, -0.15) is 0 Å². The van der Waals surface area contributed by atoms with Crippen LogP contribution in [0.5, 0.6) is 0 Å². The molecule has 0 atom stereocenters. The van der Waals surface area contributed by atoms with Gasteiger partial charge in [0.05, 0.1) is 10.4 Å². The molecule has 0 saturated heterocycles. The third-order valence-electron chi connectivity index (χ3n) is 2.72. The lowest BCUT2D eigenvalue weighted by molar-refractivity contribution is 0.0985. The number of thiophene rings is 1. The normalized spacial score (nSPS) is 10.8. The quantitative estimate of drug-likeness (QED) is 0.443. The molecule has 0 fully saturated rings. The van der Waals surface area contributed by atoms with Crippen molar-refractivity contribution in [2.24, 2.45) is 0 Å². The first-order chi connectivity index (χ1) is 9.45. The summed E-state index contributed by atoms with van der Waals surface area (Å²) < 4.78 is 53.5. The first-order valence-electron chi connectivity index (χ1n) is 5.92. The maximum absolute atomic E-state index is 13.6. The Morgan fingerprint density at radius 2 is 1.70 bits per heavy atom. The van der Waals surface area contributed by atoms with Gasteiger partial charge in [-0.1, -0.05) is 6.92 Å². The van der Waals surface area contributed by atoms with Gasteiger partial charge in [0, 0.05) is 17.4 Å². The smallest absolute Gasteiger partial charge is 0.172 e. The van der Waals surface area contributed by atoms with Crippen molar-refractivity contribution in [2.45, 2.75) is 19.8 Å². The number of rotatable bonds is 4. The van der Waals surface area contributed by atoms with E-state index in [-0.39, 0.29) is 16.7 Å². The van der Waals surface area contributed by atoms with Gasteiger partial charge < -0.3 is 0 Å². The lowest BCUT2D eigenvalue weighted by atomic mass is 10.1. The molecule has 0 spiro atoms. The molecule has 0 unspecified atom stereocenters. The van der Waals surface area contributed by atoms with Gasteiger partial charge in [-0.3, -0.25) is 4.79 Å². The Kier molecular flexibility index (Phi) is 4.23. The van der Waals surface area contributed by atoms with E-state index in [4.69, 9.17) is 0 Å². The fourth-order valence-electron chi connectivity index (χ4n) is 1.76. The molecule has 1 aromatic heterocycles. The Labute approximate surface area is 116 Å². The van der Waals surface area contributed by atoms with Crippen LogP contribution >= 0.6 is 11.3 Å². The van der Waals surface area contributed by atoms with Crippen LogP contribution in [0.3, 0.4) is 0 Å². The molecule has 2 rings (SSSR count). The van der Waals surface area contributed by atoms with Crippen molar-refractivity contribution >= 4 is 17.1 Å². The van der Waals surface area contributed by atoms with Crippen LogP contribution in [-0.2, 0) is 0 Å². The predicted octanol–water partition coefficient (Wildman–Crippen LogP) is 4.95. The number of halogens is 4. The van der Waals surface area contributed by atoms with Gasteiger partial charge in [0.15, 0.2) is 29.1 Å². The number of carbonyl (C=O) groups excluding carboxylic acids is 1. The summed E-state index contributed by atoms with van der Waals surface area (Å²) in [6.07, 6.45) is 0.950. The van der Waals surface area contributed by atoms with Gasteiger partial charge in [0.25, 0.3) is 0 Å². The molecule has 0 aliphatic carbocycles. The van der Waals surface area contributed by atoms with E-state index in [1.807, 2.05) is 6.92 Å². The molecule has 20 heavy (non-hydrogen) atoms. The molecular formula is C14H10F4OS. The second kappa shape index (κ2) is 5.75. The Hall–Kier alpha value is -1.69. The topological polar surface area (TPSA) is 17.1 Å². The maximum atomic E-state index is 13.6. The zero-order valence-corrected chi connectivity index (χ0v) is 11.3. The van der Waals surface area contributed by atoms with E-state index in [0.717, 1.165) is 11.3 Å². The molecule has 106 valence electrons. The van der Waals surface area contributed by atoms with Crippen LogP contribution in [0.2, 0.25) is 0 Å². The van der Waals surface area contributed by atoms with Gasteiger partial charge in [-0.05, 0) is 18.6 Å². The Balaban J connectivity index is 2.50. The number of hydrogen-bond acceptors (Lipinski definition) is 2. The highest BCUT2D eigenvalue weighted by atomic mass is 32.1. The molecule has 0 aliphatic rings. The average molecular weight is 302 g/mol. The largest absolute Gasteiger partial charge is 0.293 e. The first-order valence-corrected chi connectivity index (χ1v) is 6.73. The lowest BCUT2D eigenvalue weighted by Gasteiger charge is -2.04. The minimum atomic E-state index is -1.46. The van der Waals surface area contributed by atoms with Gasteiger partial charge in [0.2, 0.25) is 0 Å². The fourth-order valence-corrected chi connectivity index (χ4v) is 2.77. The van der Waals surface area contributed by atoms with Crippen molar-refractivity contribution in [3.05, 3.63) is 46.3 Å². The van der Waals surface area contributed by atoms with Crippen molar-refractivity contribution in [1.82, 2.24) is 0 Å². The summed E-state index contributed by atoms with van der Waals surface area (Å²) in [4.78, 5) is 12.0. The summed E-state index contributed by atoms with van der Waals surface area (Å²) in [6.45, 7) is 1.83. The average Bonchev–Trinajstić information content (AvgIpc) is 2.87. The lowest BCUT2D eigenvalue weighted by Crippen LogP contribution is -1.97. The second-order valence-corrected chi connectivity index (χ2v) is 5.26. The SMILES string of the molecule is CCCC(=O)c1ccc(-c2c(F)c(F)cc(F)c2F)s1. The van der Waals surface area contributed by atoms with Crippen LogP contribution in [0.1, 0.15) is 29.4 Å². The van der Waals surface area contributed by atoms with Crippen LogP contribution in [0, 0.1) is 23.3 Å². The predicted molar refractivity (Wildman–Crippen MR) is 68.8 cm³/mol. The zero-order valence-electron chi connectivity index (χ0n) is 10.5. The van der Waals surface area contributed by atoms with E-state index in [0.29, 0.717) is 17.7 Å². The molecule has 1 heterocycles. The molecule has 6 heteroatoms. The van der Waals surface area contributed by atoms with E-state index in [1.54, 1.807) is 0 Å². The number of hydrogen-bond donors (Lipinski definition) is 0. The summed E-state index contributed by atoms with van der Waals surface area (Å²) in [5.41, 5.74) is -0.775. The third kappa shape index (κ3) is 2.60. The highest BCUT2D eigenvalue weighted by Crippen LogP contribution is 2.34. The van der Waals surface area contributed by atoms with Gasteiger partial charge >= 0.3 is 0 Å². The summed E-state index contributed by atoms with van der Waals surface area (Å²) in [5, 5.41) is 0. The second-order valence-electron chi connectivity index (χ2n) is 4.18. The van der Waals surface area contributed by atoms with Crippen molar-refractivity contribution in [3.63, 3.8) is 0 Å². The van der Waals surface area contributed by atoms with Crippen molar-refractivity contribution < 1.29 is 22.4 Å². The van der Waals surface area contributed by atoms with Crippen molar-refractivity contribution in [3.8, 4) is 10.4 Å². The van der Waals surface area contributed by atoms with Crippen LogP contribution in [-0.4, -0.2) is 5.78 Å². The van der Waals surface area contributed by atoms with E-state index in [2.05, 4.69) is 0 Å². The first kappa shape index (κ1) is 14.7. The van der Waals surface area contributed by atoms with E-state index >= 15 is 0 Å². The number of ketones is 1. The van der Waals surface area contributed by atoms with Crippen LogP contribution in [0.25, 0.3) is 10.4 Å². The minimum Gasteiger partial charge on any atom is -0.293 e. The van der Waals surface area contributed by atoms with Crippen LogP contribution in [0.15, 0.2) is 18.2 Å². The fraction of sp³-hybridized carbons (Fsp3) is 0.214. The maximum Gasteiger partial charge on any atom is 0.172 e. The van der Waals surface area contributed by atoms with Gasteiger partial charge in [-0.15, -0.1) is 11.3 Å². The third-order valence-corrected chi connectivity index (χ3v) is 3.86. The number of benzene rings is 1. The Morgan fingerprint density at radius 3 is 2.25 bits per heavy atom. The molecule has 0 amide bonds.